The van der Waals surface area contributed by atoms with Gasteiger partial charge in [0.05, 0.1) is 0 Å². The molecule has 2 aromatic rings. The molecule has 0 aliphatic carbocycles. The van der Waals surface area contributed by atoms with Crippen LogP contribution in [-0.4, -0.2) is 4.99 Å². The smallest absolute Gasteiger partial charge is 0.167 e. The summed E-state index contributed by atoms with van der Waals surface area (Å²) >= 11 is 4.73. The molecule has 2 rings (SSSR count). The van der Waals surface area contributed by atoms with Crippen molar-refractivity contribution in [1.82, 2.24) is 0 Å². The Kier molecular flexibility index (Phi) is 4.24. The van der Waals surface area contributed by atoms with Crippen LogP contribution in [0, 0.1) is 17.5 Å². The van der Waals surface area contributed by atoms with Crippen LogP contribution in [0.2, 0.25) is 0 Å². The lowest BCUT2D eigenvalue weighted by Gasteiger charge is -2.09. The minimum absolute atomic E-state index is 0.0842. The predicted molar refractivity (Wildman–Crippen MR) is 73.0 cm³/mol. The third-order valence-corrected chi connectivity index (χ3v) is 2.85. The fourth-order valence-corrected chi connectivity index (χ4v) is 1.69. The number of halogens is 3. The van der Waals surface area contributed by atoms with Crippen molar-refractivity contribution in [3.8, 4) is 5.75 Å². The van der Waals surface area contributed by atoms with Gasteiger partial charge >= 0.3 is 0 Å². The van der Waals surface area contributed by atoms with E-state index in [1.165, 1.54) is 12.1 Å². The highest BCUT2D eigenvalue weighted by molar-refractivity contribution is 7.80. The zero-order chi connectivity index (χ0) is 14.7. The summed E-state index contributed by atoms with van der Waals surface area (Å²) in [6.07, 6.45) is 0. The molecule has 2 nitrogen and oxygen atoms in total. The summed E-state index contributed by atoms with van der Waals surface area (Å²) in [6, 6.07) is 7.08. The van der Waals surface area contributed by atoms with Crippen LogP contribution >= 0.6 is 12.2 Å². The minimum Gasteiger partial charge on any atom is -0.486 e. The van der Waals surface area contributed by atoms with Crippen LogP contribution in [-0.2, 0) is 6.61 Å². The Bertz CT molecular complexity index is 661. The first kappa shape index (κ1) is 14.3. The number of thiocarbonyl (C=S) groups is 1. The molecule has 0 saturated heterocycles. The number of ether oxygens (including phenoxy) is 1. The van der Waals surface area contributed by atoms with Gasteiger partial charge in [0, 0.05) is 17.2 Å². The predicted octanol–water partition coefficient (Wildman–Crippen LogP) is 3.32. The van der Waals surface area contributed by atoms with Crippen molar-refractivity contribution in [1.29, 1.82) is 0 Å². The number of rotatable bonds is 4. The first-order valence-electron chi connectivity index (χ1n) is 5.63. The molecule has 0 aliphatic heterocycles. The molecule has 0 fully saturated rings. The molecular formula is C14H10F3NOS. The van der Waals surface area contributed by atoms with E-state index >= 15 is 0 Å². The molecule has 0 spiro atoms. The average Bonchev–Trinajstić information content (AvgIpc) is 2.38. The van der Waals surface area contributed by atoms with Crippen molar-refractivity contribution in [3.05, 3.63) is 65.0 Å². The van der Waals surface area contributed by atoms with Crippen LogP contribution in [0.25, 0.3) is 0 Å². The molecule has 0 saturated carbocycles. The molecule has 0 bridgehead atoms. The van der Waals surface area contributed by atoms with Crippen molar-refractivity contribution in [2.75, 3.05) is 0 Å². The van der Waals surface area contributed by atoms with Crippen LogP contribution in [0.15, 0.2) is 36.4 Å². The van der Waals surface area contributed by atoms with Gasteiger partial charge in [0.15, 0.2) is 11.6 Å². The lowest BCUT2D eigenvalue weighted by Crippen LogP contribution is -2.10. The Morgan fingerprint density at radius 2 is 1.80 bits per heavy atom. The summed E-state index contributed by atoms with van der Waals surface area (Å²) in [6.45, 7) is -0.188. The van der Waals surface area contributed by atoms with Gasteiger partial charge in [0.2, 0.25) is 0 Å². The zero-order valence-corrected chi connectivity index (χ0v) is 11.0. The number of hydrogen-bond acceptors (Lipinski definition) is 2. The van der Waals surface area contributed by atoms with E-state index in [2.05, 4.69) is 0 Å². The molecule has 104 valence electrons. The molecule has 0 unspecified atom stereocenters. The first-order chi connectivity index (χ1) is 9.47. The van der Waals surface area contributed by atoms with E-state index in [9.17, 15) is 13.2 Å². The summed E-state index contributed by atoms with van der Waals surface area (Å²) in [5, 5.41) is 0. The Morgan fingerprint density at radius 3 is 2.40 bits per heavy atom. The third-order valence-electron chi connectivity index (χ3n) is 2.61. The molecule has 0 aliphatic rings. The van der Waals surface area contributed by atoms with Gasteiger partial charge in [0.1, 0.15) is 23.2 Å². The standard InChI is InChI=1S/C14H10F3NOS/c15-10-3-4-13(12(17)6-10)19-7-9-2-1-8(14(18)20)5-11(9)16/h1-6H,7H2,(H2,18,20). The Balaban J connectivity index is 2.13. The van der Waals surface area contributed by atoms with E-state index in [0.717, 1.165) is 12.1 Å². The van der Waals surface area contributed by atoms with Gasteiger partial charge in [-0.3, -0.25) is 0 Å². The Labute approximate surface area is 119 Å². The van der Waals surface area contributed by atoms with Crippen LogP contribution in [0.3, 0.4) is 0 Å². The second-order valence-corrected chi connectivity index (χ2v) is 4.47. The summed E-state index contributed by atoms with van der Waals surface area (Å²) in [5.74, 6) is -2.26. The number of nitrogens with two attached hydrogens (primary N) is 1. The number of benzene rings is 2. The maximum absolute atomic E-state index is 13.7. The molecule has 0 atom stereocenters. The highest BCUT2D eigenvalue weighted by atomic mass is 32.1. The van der Waals surface area contributed by atoms with Crippen molar-refractivity contribution in [2.45, 2.75) is 6.61 Å². The fourth-order valence-electron chi connectivity index (χ4n) is 1.57. The van der Waals surface area contributed by atoms with Gasteiger partial charge in [-0.15, -0.1) is 0 Å². The highest BCUT2D eigenvalue weighted by Gasteiger charge is 2.09. The fraction of sp³-hybridized carbons (Fsp3) is 0.0714. The van der Waals surface area contributed by atoms with Crippen molar-refractivity contribution in [3.63, 3.8) is 0 Å². The van der Waals surface area contributed by atoms with E-state index in [-0.39, 0.29) is 22.9 Å². The van der Waals surface area contributed by atoms with Crippen LogP contribution in [0.5, 0.6) is 5.75 Å². The molecule has 6 heteroatoms. The van der Waals surface area contributed by atoms with E-state index < -0.39 is 17.5 Å². The van der Waals surface area contributed by atoms with Gasteiger partial charge in [-0.1, -0.05) is 24.4 Å². The second-order valence-electron chi connectivity index (χ2n) is 4.03. The monoisotopic (exact) mass is 297 g/mol. The maximum atomic E-state index is 13.7. The van der Waals surface area contributed by atoms with Gasteiger partial charge in [-0.05, 0) is 18.2 Å². The topological polar surface area (TPSA) is 35.2 Å². The molecule has 0 heterocycles. The summed E-state index contributed by atoms with van der Waals surface area (Å²) in [5.41, 5.74) is 5.99. The van der Waals surface area contributed by atoms with Gasteiger partial charge in [-0.2, -0.15) is 0 Å². The van der Waals surface area contributed by atoms with E-state index in [1.807, 2.05) is 0 Å². The maximum Gasteiger partial charge on any atom is 0.167 e. The van der Waals surface area contributed by atoms with Gasteiger partial charge < -0.3 is 10.5 Å². The molecular weight excluding hydrogens is 287 g/mol. The Morgan fingerprint density at radius 1 is 1.05 bits per heavy atom. The molecule has 0 radical (unpaired) electrons. The largest absolute Gasteiger partial charge is 0.486 e. The van der Waals surface area contributed by atoms with Crippen LogP contribution in [0.4, 0.5) is 13.2 Å². The average molecular weight is 297 g/mol. The first-order valence-corrected chi connectivity index (χ1v) is 6.04. The van der Waals surface area contributed by atoms with Crippen LogP contribution < -0.4 is 10.5 Å². The van der Waals surface area contributed by atoms with Crippen molar-refractivity contribution in [2.24, 2.45) is 5.73 Å². The molecule has 20 heavy (non-hydrogen) atoms. The highest BCUT2D eigenvalue weighted by Crippen LogP contribution is 2.20. The summed E-state index contributed by atoms with van der Waals surface area (Å²) in [4.78, 5) is 0.0842. The van der Waals surface area contributed by atoms with Gasteiger partial charge in [0.25, 0.3) is 0 Å². The SMILES string of the molecule is NC(=S)c1ccc(COc2ccc(F)cc2F)c(F)c1. The lowest BCUT2D eigenvalue weighted by molar-refractivity contribution is 0.284. The van der Waals surface area contributed by atoms with E-state index in [0.29, 0.717) is 11.6 Å². The molecule has 0 amide bonds. The summed E-state index contributed by atoms with van der Waals surface area (Å²) < 4.78 is 44.9. The van der Waals surface area contributed by atoms with Crippen molar-refractivity contribution < 1.29 is 17.9 Å². The third kappa shape index (κ3) is 3.27. The van der Waals surface area contributed by atoms with E-state index in [1.54, 1.807) is 6.07 Å². The molecule has 2 N–H and O–H groups in total. The minimum atomic E-state index is -0.842. The lowest BCUT2D eigenvalue weighted by atomic mass is 10.1. The van der Waals surface area contributed by atoms with E-state index in [4.69, 9.17) is 22.7 Å². The zero-order valence-electron chi connectivity index (χ0n) is 10.2. The normalized spacial score (nSPS) is 10.3. The quantitative estimate of drug-likeness (QED) is 0.879. The van der Waals surface area contributed by atoms with Crippen LogP contribution in [0.1, 0.15) is 11.1 Å². The second kappa shape index (κ2) is 5.92. The Hall–Kier alpha value is -2.08. The van der Waals surface area contributed by atoms with Crippen molar-refractivity contribution >= 4 is 17.2 Å². The number of hydrogen-bond donors (Lipinski definition) is 1. The summed E-state index contributed by atoms with van der Waals surface area (Å²) in [7, 11) is 0. The van der Waals surface area contributed by atoms with Gasteiger partial charge in [-0.25, -0.2) is 13.2 Å². The molecule has 0 aromatic heterocycles. The molecule has 2 aromatic carbocycles.